The van der Waals surface area contributed by atoms with Crippen molar-refractivity contribution in [3.05, 3.63) is 23.9 Å². The molecule has 0 atom stereocenters. The van der Waals surface area contributed by atoms with Crippen LogP contribution in [-0.4, -0.2) is 34.8 Å². The molecule has 0 saturated heterocycles. The van der Waals surface area contributed by atoms with E-state index in [1.807, 2.05) is 6.20 Å². The van der Waals surface area contributed by atoms with Gasteiger partial charge in [-0.25, -0.2) is 4.98 Å². The van der Waals surface area contributed by atoms with Crippen molar-refractivity contribution >= 4 is 5.82 Å². The Hall–Kier alpha value is -1.13. The molecule has 0 bridgehead atoms. The fourth-order valence-electron chi connectivity index (χ4n) is 2.87. The van der Waals surface area contributed by atoms with Crippen LogP contribution in [0.2, 0.25) is 0 Å². The summed E-state index contributed by atoms with van der Waals surface area (Å²) in [6.07, 6.45) is 6.97. The van der Waals surface area contributed by atoms with Crippen LogP contribution in [0.5, 0.6) is 0 Å². The Morgan fingerprint density at radius 1 is 1.29 bits per heavy atom. The lowest BCUT2D eigenvalue weighted by molar-refractivity contribution is 0.297. The number of aliphatic hydroxyl groups is 1. The normalized spacial score (nSPS) is 16.4. The molecule has 2 N–H and O–H groups in total. The molecule has 1 fully saturated rings. The predicted molar refractivity (Wildman–Crippen MR) is 87.5 cm³/mol. The van der Waals surface area contributed by atoms with Crippen LogP contribution in [0, 0.1) is 0 Å². The Morgan fingerprint density at radius 2 is 2.00 bits per heavy atom. The van der Waals surface area contributed by atoms with E-state index in [1.54, 1.807) is 0 Å². The fraction of sp³-hybridized carbons (Fsp3) is 0.706. The second kappa shape index (κ2) is 7.23. The van der Waals surface area contributed by atoms with E-state index >= 15 is 0 Å². The molecule has 0 aromatic carbocycles. The number of anilines is 1. The molecule has 2 rings (SSSR count). The lowest BCUT2D eigenvalue weighted by atomic mass is 10.1. The first-order valence-electron chi connectivity index (χ1n) is 8.07. The van der Waals surface area contributed by atoms with Crippen LogP contribution in [0.25, 0.3) is 0 Å². The zero-order chi connectivity index (χ0) is 15.3. The first-order valence-corrected chi connectivity index (χ1v) is 8.07. The molecule has 1 saturated carbocycles. The van der Waals surface area contributed by atoms with Crippen LogP contribution in [0.4, 0.5) is 5.82 Å². The lowest BCUT2D eigenvalue weighted by Crippen LogP contribution is -2.36. The summed E-state index contributed by atoms with van der Waals surface area (Å²) in [6, 6.07) is 4.77. The molecule has 118 valence electrons. The summed E-state index contributed by atoms with van der Waals surface area (Å²) >= 11 is 0. The van der Waals surface area contributed by atoms with Gasteiger partial charge in [-0.05, 0) is 45.2 Å². The zero-order valence-corrected chi connectivity index (χ0v) is 13.6. The number of nitrogens with zero attached hydrogens (tertiary/aromatic N) is 2. The smallest absolute Gasteiger partial charge is 0.128 e. The monoisotopic (exact) mass is 291 g/mol. The van der Waals surface area contributed by atoms with E-state index in [9.17, 15) is 5.11 Å². The van der Waals surface area contributed by atoms with Crippen molar-refractivity contribution in [2.75, 3.05) is 18.1 Å². The number of pyridine rings is 1. The summed E-state index contributed by atoms with van der Waals surface area (Å²) in [5.41, 5.74) is 1.31. The second-order valence-electron chi connectivity index (χ2n) is 6.98. The van der Waals surface area contributed by atoms with Crippen molar-refractivity contribution in [3.8, 4) is 0 Å². The maximum atomic E-state index is 9.31. The summed E-state index contributed by atoms with van der Waals surface area (Å²) in [5, 5.41) is 12.8. The summed E-state index contributed by atoms with van der Waals surface area (Å²) in [4.78, 5) is 6.89. The summed E-state index contributed by atoms with van der Waals surface area (Å²) < 4.78 is 0. The van der Waals surface area contributed by atoms with Crippen LogP contribution in [0.3, 0.4) is 0 Å². The SMILES string of the molecule is CC(C)(C)NCc1ccc(N(CCO)C2CCCC2)nc1. The molecule has 0 aliphatic heterocycles. The van der Waals surface area contributed by atoms with Gasteiger partial charge in [-0.2, -0.15) is 0 Å². The molecular weight excluding hydrogens is 262 g/mol. The highest BCUT2D eigenvalue weighted by Gasteiger charge is 2.23. The van der Waals surface area contributed by atoms with Crippen LogP contribution < -0.4 is 10.2 Å². The van der Waals surface area contributed by atoms with Crippen molar-refractivity contribution in [1.29, 1.82) is 0 Å². The summed E-state index contributed by atoms with van der Waals surface area (Å²) in [5.74, 6) is 0.996. The number of aromatic nitrogens is 1. The molecule has 21 heavy (non-hydrogen) atoms. The Bertz CT molecular complexity index is 419. The number of aliphatic hydroxyl groups excluding tert-OH is 1. The third kappa shape index (κ3) is 4.97. The number of hydrogen-bond acceptors (Lipinski definition) is 4. The van der Waals surface area contributed by atoms with Crippen molar-refractivity contribution in [1.82, 2.24) is 10.3 Å². The van der Waals surface area contributed by atoms with Gasteiger partial charge in [0.15, 0.2) is 0 Å². The second-order valence-corrected chi connectivity index (χ2v) is 6.98. The van der Waals surface area contributed by atoms with Crippen LogP contribution >= 0.6 is 0 Å². The topological polar surface area (TPSA) is 48.4 Å². The van der Waals surface area contributed by atoms with Gasteiger partial charge in [0.1, 0.15) is 5.82 Å². The molecule has 0 amide bonds. The van der Waals surface area contributed by atoms with E-state index in [4.69, 9.17) is 0 Å². The summed E-state index contributed by atoms with van der Waals surface area (Å²) in [7, 11) is 0. The maximum absolute atomic E-state index is 9.31. The average Bonchev–Trinajstić information content (AvgIpc) is 2.96. The predicted octanol–water partition coefficient (Wildman–Crippen LogP) is 2.71. The van der Waals surface area contributed by atoms with Crippen LogP contribution in [-0.2, 0) is 6.54 Å². The number of rotatable bonds is 6. The maximum Gasteiger partial charge on any atom is 0.128 e. The minimum atomic E-state index is 0.117. The quantitative estimate of drug-likeness (QED) is 0.846. The molecule has 0 unspecified atom stereocenters. The molecule has 1 aromatic heterocycles. The van der Waals surface area contributed by atoms with E-state index in [-0.39, 0.29) is 12.1 Å². The third-order valence-electron chi connectivity index (χ3n) is 4.03. The van der Waals surface area contributed by atoms with E-state index in [2.05, 4.69) is 48.1 Å². The Morgan fingerprint density at radius 3 is 2.52 bits per heavy atom. The van der Waals surface area contributed by atoms with Crippen molar-refractivity contribution in [2.24, 2.45) is 0 Å². The summed E-state index contributed by atoms with van der Waals surface area (Å²) in [6.45, 7) is 8.19. The minimum absolute atomic E-state index is 0.117. The van der Waals surface area contributed by atoms with Gasteiger partial charge in [0.25, 0.3) is 0 Å². The lowest BCUT2D eigenvalue weighted by Gasteiger charge is -2.29. The standard InChI is InChI=1S/C17H29N3O/c1-17(2,3)19-13-14-8-9-16(18-12-14)20(10-11-21)15-6-4-5-7-15/h8-9,12,15,19,21H,4-7,10-11,13H2,1-3H3. The highest BCUT2D eigenvalue weighted by molar-refractivity contribution is 5.41. The van der Waals surface area contributed by atoms with Gasteiger partial charge in [-0.3, -0.25) is 0 Å². The molecule has 1 aliphatic rings. The van der Waals surface area contributed by atoms with E-state index in [0.29, 0.717) is 12.6 Å². The van der Waals surface area contributed by atoms with Crippen molar-refractivity contribution < 1.29 is 5.11 Å². The third-order valence-corrected chi connectivity index (χ3v) is 4.03. The highest BCUT2D eigenvalue weighted by Crippen LogP contribution is 2.26. The average molecular weight is 291 g/mol. The van der Waals surface area contributed by atoms with E-state index in [1.165, 1.54) is 31.2 Å². The molecular formula is C17H29N3O. The molecule has 4 heteroatoms. The van der Waals surface area contributed by atoms with Gasteiger partial charge in [0.2, 0.25) is 0 Å². The Kier molecular flexibility index (Phi) is 5.59. The zero-order valence-electron chi connectivity index (χ0n) is 13.6. The van der Waals surface area contributed by atoms with Gasteiger partial charge in [-0.15, -0.1) is 0 Å². The van der Waals surface area contributed by atoms with E-state index < -0.39 is 0 Å². The van der Waals surface area contributed by atoms with E-state index in [0.717, 1.165) is 12.4 Å². The number of nitrogens with one attached hydrogen (secondary N) is 1. The fourth-order valence-corrected chi connectivity index (χ4v) is 2.87. The Balaban J connectivity index is 2.01. The van der Waals surface area contributed by atoms with Crippen molar-refractivity contribution in [2.45, 2.75) is 64.6 Å². The molecule has 0 spiro atoms. The molecule has 4 nitrogen and oxygen atoms in total. The number of hydrogen-bond donors (Lipinski definition) is 2. The van der Waals surface area contributed by atoms with Gasteiger partial charge >= 0.3 is 0 Å². The van der Waals surface area contributed by atoms with Gasteiger partial charge < -0.3 is 15.3 Å². The molecule has 1 aromatic rings. The van der Waals surface area contributed by atoms with Gasteiger partial charge in [0, 0.05) is 30.9 Å². The molecule has 1 aliphatic carbocycles. The first kappa shape index (κ1) is 16.2. The van der Waals surface area contributed by atoms with Crippen LogP contribution in [0.1, 0.15) is 52.0 Å². The Labute approximate surface area is 128 Å². The first-order chi connectivity index (χ1) is 9.99. The molecule has 1 heterocycles. The van der Waals surface area contributed by atoms with Gasteiger partial charge in [-0.1, -0.05) is 18.9 Å². The van der Waals surface area contributed by atoms with Gasteiger partial charge in [0.05, 0.1) is 6.61 Å². The van der Waals surface area contributed by atoms with Crippen molar-refractivity contribution in [3.63, 3.8) is 0 Å². The molecule has 0 radical (unpaired) electrons. The minimum Gasteiger partial charge on any atom is -0.395 e. The highest BCUT2D eigenvalue weighted by atomic mass is 16.3. The largest absolute Gasteiger partial charge is 0.395 e. The van der Waals surface area contributed by atoms with Crippen LogP contribution in [0.15, 0.2) is 18.3 Å².